The van der Waals surface area contributed by atoms with E-state index in [0.717, 1.165) is 67.8 Å². The number of fused-ring (bicyclic) bond motifs is 1. The lowest BCUT2D eigenvalue weighted by molar-refractivity contribution is -0.128. The van der Waals surface area contributed by atoms with Crippen molar-refractivity contribution in [1.82, 2.24) is 10.6 Å². The summed E-state index contributed by atoms with van der Waals surface area (Å²) in [6.07, 6.45) is 6.58. The monoisotopic (exact) mass is 410 g/mol. The number of nitrogens with one attached hydrogen (secondary N) is 2. The number of benzene rings is 2. The van der Waals surface area contributed by atoms with Gasteiger partial charge in [-0.25, -0.2) is 0 Å². The Bertz CT molecular complexity index is 776. The van der Waals surface area contributed by atoms with Crippen molar-refractivity contribution >= 4 is 23.0 Å². The van der Waals surface area contributed by atoms with Crippen LogP contribution in [0.1, 0.15) is 58.4 Å². The summed E-state index contributed by atoms with van der Waals surface area (Å²) in [6, 6.07) is 13.8. The Kier molecular flexibility index (Phi) is 10.6. The zero-order valence-electron chi connectivity index (χ0n) is 18.8. The molecule has 4 heteroatoms. The summed E-state index contributed by atoms with van der Waals surface area (Å²) in [4.78, 5) is 24.3. The van der Waals surface area contributed by atoms with E-state index in [-0.39, 0.29) is 11.8 Å². The van der Waals surface area contributed by atoms with Crippen molar-refractivity contribution < 1.29 is 9.59 Å². The second-order valence-corrected chi connectivity index (χ2v) is 8.02. The standard InChI is InChI=1S/C24H32N2O2.C2H6/c1-2-14-25-16-18-10-12-20(13-11-18)24(28)26-22(17-27)15-21-8-5-7-19-6-3-4-9-23(19)21;1-2/h3-9,17-18,20,22,25H,2,10-16H2,1H3,(H,26,28);1-2H3. The molecular weight excluding hydrogens is 372 g/mol. The first-order valence-electron chi connectivity index (χ1n) is 11.6. The maximum absolute atomic E-state index is 12.7. The van der Waals surface area contributed by atoms with Crippen molar-refractivity contribution in [3.8, 4) is 0 Å². The topological polar surface area (TPSA) is 58.2 Å². The molecule has 3 rings (SSSR count). The molecule has 1 saturated carbocycles. The van der Waals surface area contributed by atoms with Crippen LogP contribution in [0.3, 0.4) is 0 Å². The van der Waals surface area contributed by atoms with Crippen LogP contribution in [-0.2, 0) is 16.0 Å². The van der Waals surface area contributed by atoms with E-state index in [2.05, 4.69) is 35.8 Å². The SMILES string of the molecule is CC.CCCNCC1CCC(C(=O)NC(C=O)Cc2cccc3ccccc23)CC1. The highest BCUT2D eigenvalue weighted by Crippen LogP contribution is 2.28. The van der Waals surface area contributed by atoms with Crippen LogP contribution in [-0.4, -0.2) is 31.3 Å². The number of carbonyl (C=O) groups is 2. The van der Waals surface area contributed by atoms with Crippen LogP contribution in [0.4, 0.5) is 0 Å². The summed E-state index contributed by atoms with van der Waals surface area (Å²) in [5.41, 5.74) is 1.10. The number of carbonyl (C=O) groups excluding carboxylic acids is 2. The Labute approximate surface area is 181 Å². The molecule has 1 amide bonds. The Morgan fingerprint density at radius 1 is 1.07 bits per heavy atom. The van der Waals surface area contributed by atoms with Gasteiger partial charge in [0.15, 0.2) is 0 Å². The molecule has 0 bridgehead atoms. The Hall–Kier alpha value is -2.20. The first-order valence-corrected chi connectivity index (χ1v) is 11.6. The molecule has 0 saturated heterocycles. The molecule has 1 unspecified atom stereocenters. The van der Waals surface area contributed by atoms with Crippen LogP contribution < -0.4 is 10.6 Å². The van der Waals surface area contributed by atoms with Gasteiger partial charge in [-0.05, 0) is 67.4 Å². The summed E-state index contributed by atoms with van der Waals surface area (Å²) >= 11 is 0. The minimum absolute atomic E-state index is 0.0392. The highest BCUT2D eigenvalue weighted by atomic mass is 16.2. The van der Waals surface area contributed by atoms with Crippen molar-refractivity contribution in [3.05, 3.63) is 48.0 Å². The normalized spacial score (nSPS) is 19.4. The van der Waals surface area contributed by atoms with Crippen molar-refractivity contribution in [1.29, 1.82) is 0 Å². The molecule has 0 heterocycles. The third kappa shape index (κ3) is 6.94. The Balaban J connectivity index is 0.00000155. The molecule has 0 aliphatic heterocycles. The molecule has 2 aromatic rings. The largest absolute Gasteiger partial charge is 0.346 e. The molecule has 1 aliphatic carbocycles. The van der Waals surface area contributed by atoms with E-state index in [4.69, 9.17) is 0 Å². The fraction of sp³-hybridized carbons (Fsp3) is 0.538. The summed E-state index contributed by atoms with van der Waals surface area (Å²) in [5.74, 6) is 0.753. The lowest BCUT2D eigenvalue weighted by Gasteiger charge is -2.28. The molecule has 0 spiro atoms. The van der Waals surface area contributed by atoms with E-state index in [0.29, 0.717) is 12.3 Å². The van der Waals surface area contributed by atoms with Crippen LogP contribution >= 0.6 is 0 Å². The zero-order chi connectivity index (χ0) is 21.8. The fourth-order valence-corrected chi connectivity index (χ4v) is 4.25. The van der Waals surface area contributed by atoms with Gasteiger partial charge in [-0.3, -0.25) is 4.79 Å². The predicted octanol–water partition coefficient (Wildman–Crippen LogP) is 4.90. The minimum atomic E-state index is -0.470. The minimum Gasteiger partial charge on any atom is -0.346 e. The summed E-state index contributed by atoms with van der Waals surface area (Å²) in [6.45, 7) is 8.30. The fourth-order valence-electron chi connectivity index (χ4n) is 4.25. The molecule has 4 nitrogen and oxygen atoms in total. The summed E-state index contributed by atoms with van der Waals surface area (Å²) in [5, 5.41) is 8.78. The smallest absolute Gasteiger partial charge is 0.223 e. The lowest BCUT2D eigenvalue weighted by atomic mass is 9.81. The lowest BCUT2D eigenvalue weighted by Crippen LogP contribution is -2.42. The third-order valence-electron chi connectivity index (χ3n) is 5.89. The van der Waals surface area contributed by atoms with Crippen LogP contribution in [0.15, 0.2) is 42.5 Å². The molecular formula is C26H38N2O2. The summed E-state index contributed by atoms with van der Waals surface area (Å²) < 4.78 is 0. The molecule has 2 N–H and O–H groups in total. The maximum atomic E-state index is 12.7. The molecule has 1 aliphatic rings. The van der Waals surface area contributed by atoms with E-state index in [1.54, 1.807) is 0 Å². The van der Waals surface area contributed by atoms with Gasteiger partial charge in [0.25, 0.3) is 0 Å². The van der Waals surface area contributed by atoms with Crippen molar-refractivity contribution in [2.45, 2.75) is 65.3 Å². The van der Waals surface area contributed by atoms with E-state index in [1.807, 2.05) is 38.1 Å². The zero-order valence-corrected chi connectivity index (χ0v) is 18.8. The number of hydrogen-bond donors (Lipinski definition) is 2. The van der Waals surface area contributed by atoms with E-state index in [1.165, 1.54) is 0 Å². The highest BCUT2D eigenvalue weighted by molar-refractivity contribution is 5.87. The number of rotatable bonds is 9. The highest BCUT2D eigenvalue weighted by Gasteiger charge is 2.27. The Morgan fingerprint density at radius 2 is 1.77 bits per heavy atom. The van der Waals surface area contributed by atoms with Crippen molar-refractivity contribution in [2.75, 3.05) is 13.1 Å². The molecule has 1 fully saturated rings. The predicted molar refractivity (Wildman–Crippen MR) is 126 cm³/mol. The van der Waals surface area contributed by atoms with Crippen molar-refractivity contribution in [3.63, 3.8) is 0 Å². The van der Waals surface area contributed by atoms with Crippen LogP contribution in [0.5, 0.6) is 0 Å². The van der Waals surface area contributed by atoms with Gasteiger partial charge in [-0.1, -0.05) is 63.2 Å². The molecule has 0 aromatic heterocycles. The van der Waals surface area contributed by atoms with Crippen LogP contribution in [0.25, 0.3) is 10.8 Å². The van der Waals surface area contributed by atoms with Crippen molar-refractivity contribution in [2.24, 2.45) is 11.8 Å². The quantitative estimate of drug-likeness (QED) is 0.457. The number of aldehydes is 1. The molecule has 1 atom stereocenters. The van der Waals surface area contributed by atoms with Gasteiger partial charge in [-0.15, -0.1) is 0 Å². The average molecular weight is 411 g/mol. The second kappa shape index (κ2) is 13.2. The van der Waals surface area contributed by atoms with E-state index in [9.17, 15) is 9.59 Å². The van der Waals surface area contributed by atoms with Gasteiger partial charge in [-0.2, -0.15) is 0 Å². The third-order valence-corrected chi connectivity index (χ3v) is 5.89. The van der Waals surface area contributed by atoms with Gasteiger partial charge in [0.2, 0.25) is 5.91 Å². The Morgan fingerprint density at radius 3 is 2.47 bits per heavy atom. The molecule has 30 heavy (non-hydrogen) atoms. The first kappa shape index (κ1) is 24.1. The maximum Gasteiger partial charge on any atom is 0.223 e. The number of hydrogen-bond acceptors (Lipinski definition) is 3. The van der Waals surface area contributed by atoms with E-state index < -0.39 is 6.04 Å². The summed E-state index contributed by atoms with van der Waals surface area (Å²) in [7, 11) is 0. The van der Waals surface area contributed by atoms with Gasteiger partial charge in [0.05, 0.1) is 6.04 Å². The van der Waals surface area contributed by atoms with Gasteiger partial charge in [0, 0.05) is 12.3 Å². The van der Waals surface area contributed by atoms with Crippen LogP contribution in [0.2, 0.25) is 0 Å². The van der Waals surface area contributed by atoms with Gasteiger partial charge >= 0.3 is 0 Å². The van der Waals surface area contributed by atoms with Gasteiger partial charge < -0.3 is 15.4 Å². The molecule has 164 valence electrons. The van der Waals surface area contributed by atoms with Crippen LogP contribution in [0, 0.1) is 11.8 Å². The second-order valence-electron chi connectivity index (χ2n) is 8.02. The first-order chi connectivity index (χ1) is 14.7. The number of amides is 1. The molecule has 2 aromatic carbocycles. The van der Waals surface area contributed by atoms with Gasteiger partial charge in [0.1, 0.15) is 6.29 Å². The van der Waals surface area contributed by atoms with E-state index >= 15 is 0 Å². The average Bonchev–Trinajstić information content (AvgIpc) is 2.80. The molecule has 0 radical (unpaired) electrons.